The third-order valence-corrected chi connectivity index (χ3v) is 4.66. The van der Waals surface area contributed by atoms with E-state index >= 15 is 0 Å². The monoisotopic (exact) mass is 496 g/mol. The molecule has 10 N–H and O–H groups in total. The zero-order chi connectivity index (χ0) is 25.0. The van der Waals surface area contributed by atoms with Crippen LogP contribution in [0.4, 0.5) is 0 Å². The Morgan fingerprint density at radius 2 is 1.22 bits per heavy atom. The number of nitrogens with two attached hydrogens (primary N) is 2. The number of thiol groups is 2. The van der Waals surface area contributed by atoms with E-state index in [1.807, 2.05) is 0 Å². The topological polar surface area (TPSA) is 243 Å². The molecule has 5 atom stereocenters. The van der Waals surface area contributed by atoms with Crippen molar-refractivity contribution in [2.45, 2.75) is 43.6 Å². The normalized spacial score (nSPS) is 15.3. The van der Waals surface area contributed by atoms with Crippen molar-refractivity contribution in [3.8, 4) is 0 Å². The molecule has 0 aliphatic rings. The molecular weight excluding hydrogens is 468 g/mol. The molecule has 5 amide bonds. The van der Waals surface area contributed by atoms with E-state index in [0.717, 1.165) is 0 Å². The lowest BCUT2D eigenvalue weighted by atomic mass is 10.1. The first kappa shape index (κ1) is 29.4. The maximum Gasteiger partial charge on any atom is 0.325 e. The van der Waals surface area contributed by atoms with Crippen LogP contribution in [-0.4, -0.2) is 94.0 Å². The quantitative estimate of drug-likeness (QED) is 0.103. The van der Waals surface area contributed by atoms with Crippen LogP contribution in [0, 0.1) is 0 Å². The van der Waals surface area contributed by atoms with Crippen LogP contribution >= 0.6 is 25.3 Å². The van der Waals surface area contributed by atoms with Gasteiger partial charge >= 0.3 is 5.97 Å². The predicted octanol–water partition coefficient (Wildman–Crippen LogP) is -4.92. The second kappa shape index (κ2) is 14.5. The summed E-state index contributed by atoms with van der Waals surface area (Å²) in [7, 11) is 0. The molecule has 0 spiro atoms. The summed E-state index contributed by atoms with van der Waals surface area (Å²) in [6.07, 6.45) is -0.456. The molecule has 14 nitrogen and oxygen atoms in total. The third kappa shape index (κ3) is 10.2. The number of amides is 5. The van der Waals surface area contributed by atoms with Gasteiger partial charge in [-0.3, -0.25) is 28.8 Å². The second-order valence-electron chi connectivity index (χ2n) is 6.58. The number of aliphatic hydroxyl groups excluding tert-OH is 1. The van der Waals surface area contributed by atoms with Gasteiger partial charge in [-0.15, -0.1) is 0 Å². The maximum atomic E-state index is 12.4. The Morgan fingerprint density at radius 1 is 0.812 bits per heavy atom. The molecule has 0 saturated carbocycles. The van der Waals surface area contributed by atoms with Gasteiger partial charge in [0.1, 0.15) is 24.2 Å². The first-order valence-electron chi connectivity index (χ1n) is 9.18. The van der Waals surface area contributed by atoms with Gasteiger partial charge in [0, 0.05) is 11.5 Å². The molecule has 0 radical (unpaired) electrons. The molecule has 0 aromatic carbocycles. The lowest BCUT2D eigenvalue weighted by molar-refractivity contribution is -0.141. The van der Waals surface area contributed by atoms with Crippen LogP contribution in [-0.2, 0) is 28.8 Å². The average molecular weight is 497 g/mol. The molecule has 182 valence electrons. The molecule has 0 aliphatic carbocycles. The minimum Gasteiger partial charge on any atom is -0.480 e. The fourth-order valence-electron chi connectivity index (χ4n) is 2.09. The van der Waals surface area contributed by atoms with E-state index in [9.17, 15) is 33.9 Å². The van der Waals surface area contributed by atoms with E-state index in [0.29, 0.717) is 0 Å². The molecule has 0 bridgehead atoms. The highest BCUT2D eigenvalue weighted by Crippen LogP contribution is 1.97. The Balaban J connectivity index is 5.06. The zero-order valence-electron chi connectivity index (χ0n) is 17.1. The highest BCUT2D eigenvalue weighted by atomic mass is 32.1. The highest BCUT2D eigenvalue weighted by Gasteiger charge is 2.30. The smallest absolute Gasteiger partial charge is 0.325 e. The molecule has 0 aromatic heterocycles. The standard InChI is InChI=1S/C16H28N6O8S2/c1-6(16(29)30)19-14(27)9(4-31)22-13(26)8(3-23)20-15(28)10(5-32)21-12(25)7(17)2-11(18)24/h6-10,23,31-32H,2-5,17H2,1H3,(H2,18,24)(H,19,27)(H,20,28)(H,21,25)(H,22,26)(H,29,30). The number of carbonyl (C=O) groups excluding carboxylic acids is 5. The second-order valence-corrected chi connectivity index (χ2v) is 7.31. The fraction of sp³-hybridized carbons (Fsp3) is 0.625. The van der Waals surface area contributed by atoms with Crippen molar-refractivity contribution < 1.29 is 39.0 Å². The molecule has 0 aromatic rings. The van der Waals surface area contributed by atoms with Gasteiger partial charge in [-0.25, -0.2) is 0 Å². The number of carboxylic acid groups (broad SMARTS) is 1. The van der Waals surface area contributed by atoms with E-state index in [1.165, 1.54) is 6.92 Å². The number of carbonyl (C=O) groups is 6. The summed E-state index contributed by atoms with van der Waals surface area (Å²) in [5.74, 6) is -6.10. The van der Waals surface area contributed by atoms with E-state index < -0.39 is 78.7 Å². The molecule has 0 saturated heterocycles. The Hall–Kier alpha value is -2.56. The number of aliphatic hydroxyl groups is 1. The predicted molar refractivity (Wildman–Crippen MR) is 118 cm³/mol. The summed E-state index contributed by atoms with van der Waals surface area (Å²) in [4.78, 5) is 70.5. The third-order valence-electron chi connectivity index (χ3n) is 3.93. The number of hydrogen-bond donors (Lipinski definition) is 10. The Bertz CT molecular complexity index is 725. The van der Waals surface area contributed by atoms with E-state index in [-0.39, 0.29) is 11.5 Å². The summed E-state index contributed by atoms with van der Waals surface area (Å²) in [6.45, 7) is 0.355. The highest BCUT2D eigenvalue weighted by molar-refractivity contribution is 7.80. The molecule has 0 aliphatic heterocycles. The van der Waals surface area contributed by atoms with Crippen LogP contribution in [0.25, 0.3) is 0 Å². The van der Waals surface area contributed by atoms with Gasteiger partial charge in [-0.05, 0) is 6.92 Å². The fourth-order valence-corrected chi connectivity index (χ4v) is 2.61. The SMILES string of the molecule is CC(NC(=O)C(CS)NC(=O)C(CO)NC(=O)C(CS)NC(=O)C(N)CC(N)=O)C(=O)O. The van der Waals surface area contributed by atoms with E-state index in [2.05, 4.69) is 46.5 Å². The molecule has 32 heavy (non-hydrogen) atoms. The van der Waals surface area contributed by atoms with Crippen LogP contribution in [0.2, 0.25) is 0 Å². The van der Waals surface area contributed by atoms with Gasteiger partial charge in [0.15, 0.2) is 0 Å². The Kier molecular flexibility index (Phi) is 13.3. The van der Waals surface area contributed by atoms with Crippen LogP contribution in [0.5, 0.6) is 0 Å². The van der Waals surface area contributed by atoms with Crippen molar-refractivity contribution >= 4 is 60.8 Å². The van der Waals surface area contributed by atoms with Crippen molar-refractivity contribution in [1.82, 2.24) is 21.3 Å². The number of rotatable bonds is 14. The van der Waals surface area contributed by atoms with Gasteiger partial charge in [0.25, 0.3) is 0 Å². The summed E-state index contributed by atoms with van der Waals surface area (Å²) in [5.41, 5.74) is 10.4. The minimum absolute atomic E-state index is 0.205. The van der Waals surface area contributed by atoms with Crippen LogP contribution < -0.4 is 32.7 Å². The Labute approximate surface area is 194 Å². The minimum atomic E-state index is -1.52. The largest absolute Gasteiger partial charge is 0.480 e. The van der Waals surface area contributed by atoms with Gasteiger partial charge < -0.3 is 42.9 Å². The first-order chi connectivity index (χ1) is 14.9. The van der Waals surface area contributed by atoms with Crippen molar-refractivity contribution in [1.29, 1.82) is 0 Å². The summed E-state index contributed by atoms with van der Waals surface area (Å²) < 4.78 is 0. The number of carboxylic acids is 1. The number of hydrogen-bond acceptors (Lipinski definition) is 10. The van der Waals surface area contributed by atoms with Crippen molar-refractivity contribution in [2.24, 2.45) is 11.5 Å². The molecule has 5 unspecified atom stereocenters. The van der Waals surface area contributed by atoms with E-state index in [1.54, 1.807) is 0 Å². The van der Waals surface area contributed by atoms with Gasteiger partial charge in [0.2, 0.25) is 29.5 Å². The number of primary amides is 1. The molecule has 0 rings (SSSR count). The Morgan fingerprint density at radius 3 is 1.62 bits per heavy atom. The summed E-state index contributed by atoms with van der Waals surface area (Å²) >= 11 is 7.86. The summed E-state index contributed by atoms with van der Waals surface area (Å²) in [6, 6.07) is -6.58. The zero-order valence-corrected chi connectivity index (χ0v) is 18.9. The average Bonchev–Trinajstić information content (AvgIpc) is 2.72. The molecule has 0 fully saturated rings. The van der Waals surface area contributed by atoms with Crippen LogP contribution in [0.15, 0.2) is 0 Å². The lowest BCUT2D eigenvalue weighted by Crippen LogP contribution is -2.60. The molecular formula is C16H28N6O8S2. The van der Waals surface area contributed by atoms with Crippen LogP contribution in [0.3, 0.4) is 0 Å². The van der Waals surface area contributed by atoms with Gasteiger partial charge in [-0.1, -0.05) is 0 Å². The molecule has 16 heteroatoms. The van der Waals surface area contributed by atoms with Crippen molar-refractivity contribution in [3.05, 3.63) is 0 Å². The number of aliphatic carboxylic acids is 1. The first-order valence-corrected chi connectivity index (χ1v) is 10.4. The van der Waals surface area contributed by atoms with E-state index in [4.69, 9.17) is 16.6 Å². The summed E-state index contributed by atoms with van der Waals surface area (Å²) in [5, 5.41) is 27.1. The lowest BCUT2D eigenvalue weighted by Gasteiger charge is -2.24. The van der Waals surface area contributed by atoms with Crippen molar-refractivity contribution in [2.75, 3.05) is 18.1 Å². The van der Waals surface area contributed by atoms with Gasteiger partial charge in [0.05, 0.1) is 19.1 Å². The van der Waals surface area contributed by atoms with Crippen molar-refractivity contribution in [3.63, 3.8) is 0 Å². The van der Waals surface area contributed by atoms with Gasteiger partial charge in [-0.2, -0.15) is 25.3 Å². The maximum absolute atomic E-state index is 12.4. The van der Waals surface area contributed by atoms with Crippen LogP contribution in [0.1, 0.15) is 13.3 Å². The number of nitrogens with one attached hydrogen (secondary N) is 4. The molecule has 0 heterocycles.